The largest absolute Gasteiger partial charge is 0.378 e. The number of nitrogens with zero attached hydrogens (tertiary/aromatic N) is 5. The minimum atomic E-state index is -0.0721. The van der Waals surface area contributed by atoms with Gasteiger partial charge in [-0.05, 0) is 72.9 Å². The normalized spacial score (nSPS) is 17.8. The third-order valence-electron chi connectivity index (χ3n) is 5.98. The summed E-state index contributed by atoms with van der Waals surface area (Å²) < 4.78 is 2.24. The summed E-state index contributed by atoms with van der Waals surface area (Å²) in [5.74, 6) is 0. The molecule has 166 valence electrons. The van der Waals surface area contributed by atoms with E-state index >= 15 is 0 Å². The third kappa shape index (κ3) is 4.19. The summed E-state index contributed by atoms with van der Waals surface area (Å²) in [6.07, 6.45) is 5.76. The van der Waals surface area contributed by atoms with E-state index in [1.54, 1.807) is 0 Å². The van der Waals surface area contributed by atoms with Crippen LogP contribution >= 0.6 is 12.2 Å². The molecule has 33 heavy (non-hydrogen) atoms. The molecule has 0 radical (unpaired) electrons. The maximum Gasteiger partial charge on any atom is 0.170 e. The van der Waals surface area contributed by atoms with E-state index in [-0.39, 0.29) is 12.1 Å². The zero-order valence-corrected chi connectivity index (χ0v) is 19.5. The van der Waals surface area contributed by atoms with E-state index in [9.17, 15) is 0 Å². The van der Waals surface area contributed by atoms with Crippen molar-refractivity contribution in [1.82, 2.24) is 24.8 Å². The zero-order valence-electron chi connectivity index (χ0n) is 18.7. The van der Waals surface area contributed by atoms with Crippen LogP contribution in [-0.4, -0.2) is 38.6 Å². The SMILES string of the molecule is CN(C)c1ccc(-n2cccc2[C@H]2[C@H](c3ccccn3)NC(=S)N2Cc2ccccn2)cc1. The Labute approximate surface area is 199 Å². The van der Waals surface area contributed by atoms with Crippen molar-refractivity contribution in [2.24, 2.45) is 0 Å². The van der Waals surface area contributed by atoms with E-state index in [4.69, 9.17) is 12.2 Å². The van der Waals surface area contributed by atoms with Gasteiger partial charge in [0.2, 0.25) is 0 Å². The van der Waals surface area contributed by atoms with Crippen LogP contribution in [0.15, 0.2) is 91.4 Å². The summed E-state index contributed by atoms with van der Waals surface area (Å²) in [6.45, 7) is 0.616. The van der Waals surface area contributed by atoms with Gasteiger partial charge < -0.3 is 19.7 Å². The molecule has 0 aliphatic carbocycles. The van der Waals surface area contributed by atoms with Gasteiger partial charge in [0.1, 0.15) is 0 Å². The topological polar surface area (TPSA) is 49.2 Å². The Hall–Kier alpha value is -3.71. The van der Waals surface area contributed by atoms with Crippen LogP contribution in [0.25, 0.3) is 5.69 Å². The first-order chi connectivity index (χ1) is 16.1. The average Bonchev–Trinajstić information content (AvgIpc) is 3.45. The number of aromatic nitrogens is 3. The maximum atomic E-state index is 5.82. The standard InChI is InChI=1S/C26H26N6S/c1-30(2)20-11-13-21(14-12-20)31-17-7-10-23(31)25-24(22-9-4-6-16-28-22)29-26(33)32(25)18-19-8-3-5-15-27-19/h3-17,24-25H,18H2,1-2H3,(H,29,33)/t24-,25-/m0/s1. The molecular weight excluding hydrogens is 428 g/mol. The van der Waals surface area contributed by atoms with E-state index < -0.39 is 0 Å². The lowest BCUT2D eigenvalue weighted by Crippen LogP contribution is -2.30. The van der Waals surface area contributed by atoms with Gasteiger partial charge in [-0.2, -0.15) is 0 Å². The van der Waals surface area contributed by atoms with Crippen LogP contribution in [0.3, 0.4) is 0 Å². The molecule has 6 nitrogen and oxygen atoms in total. The maximum absolute atomic E-state index is 5.82. The van der Waals surface area contributed by atoms with Crippen molar-refractivity contribution in [1.29, 1.82) is 0 Å². The van der Waals surface area contributed by atoms with Crippen molar-refractivity contribution in [3.8, 4) is 5.69 Å². The number of pyridine rings is 2. The number of benzene rings is 1. The highest BCUT2D eigenvalue weighted by atomic mass is 32.1. The van der Waals surface area contributed by atoms with Gasteiger partial charge in [-0.1, -0.05) is 12.1 Å². The van der Waals surface area contributed by atoms with Gasteiger partial charge in [0.15, 0.2) is 5.11 Å². The first-order valence-corrected chi connectivity index (χ1v) is 11.4. The van der Waals surface area contributed by atoms with Crippen LogP contribution in [-0.2, 0) is 6.54 Å². The Bertz CT molecular complexity index is 1220. The summed E-state index contributed by atoms with van der Waals surface area (Å²) >= 11 is 5.82. The second-order valence-electron chi connectivity index (χ2n) is 8.29. The molecule has 0 spiro atoms. The van der Waals surface area contributed by atoms with E-state index in [1.165, 1.54) is 5.69 Å². The van der Waals surface area contributed by atoms with Crippen LogP contribution in [0.5, 0.6) is 0 Å². The number of hydrogen-bond donors (Lipinski definition) is 1. The zero-order chi connectivity index (χ0) is 22.8. The molecule has 1 aromatic carbocycles. The predicted octanol–water partition coefficient (Wildman–Crippen LogP) is 4.51. The lowest BCUT2D eigenvalue weighted by molar-refractivity contribution is 0.299. The Morgan fingerprint density at radius 3 is 2.33 bits per heavy atom. The second-order valence-corrected chi connectivity index (χ2v) is 8.68. The van der Waals surface area contributed by atoms with Gasteiger partial charge in [-0.25, -0.2) is 0 Å². The Kier molecular flexibility index (Phi) is 5.79. The minimum absolute atomic E-state index is 0.0436. The smallest absolute Gasteiger partial charge is 0.170 e. The van der Waals surface area contributed by atoms with E-state index in [2.05, 4.69) is 78.3 Å². The molecule has 2 atom stereocenters. The second kappa shape index (κ2) is 9.03. The lowest BCUT2D eigenvalue weighted by atomic mass is 10.0. The van der Waals surface area contributed by atoms with Crippen LogP contribution in [0.4, 0.5) is 5.69 Å². The van der Waals surface area contributed by atoms with Crippen LogP contribution < -0.4 is 10.2 Å². The average molecular weight is 455 g/mol. The molecule has 1 saturated heterocycles. The minimum Gasteiger partial charge on any atom is -0.378 e. The fraction of sp³-hybridized carbons (Fsp3) is 0.192. The van der Waals surface area contributed by atoms with Gasteiger partial charge in [-0.15, -0.1) is 0 Å². The van der Waals surface area contributed by atoms with E-state index in [0.29, 0.717) is 11.7 Å². The molecule has 1 aliphatic rings. The van der Waals surface area contributed by atoms with E-state index in [1.807, 2.05) is 56.8 Å². The number of nitrogens with one attached hydrogen (secondary N) is 1. The molecule has 1 aliphatic heterocycles. The number of hydrogen-bond acceptors (Lipinski definition) is 4. The van der Waals surface area contributed by atoms with Crippen molar-refractivity contribution in [3.63, 3.8) is 0 Å². The Morgan fingerprint density at radius 1 is 0.909 bits per heavy atom. The van der Waals surface area contributed by atoms with Crippen LogP contribution in [0.2, 0.25) is 0 Å². The fourth-order valence-electron chi connectivity index (χ4n) is 4.35. The molecule has 7 heteroatoms. The first kappa shape index (κ1) is 21.2. The first-order valence-electron chi connectivity index (χ1n) is 10.9. The van der Waals surface area contributed by atoms with Crippen LogP contribution in [0, 0.1) is 0 Å². The van der Waals surface area contributed by atoms with Gasteiger partial charge >= 0.3 is 0 Å². The Morgan fingerprint density at radius 2 is 1.67 bits per heavy atom. The molecule has 1 N–H and O–H groups in total. The lowest BCUT2D eigenvalue weighted by Gasteiger charge is -2.28. The molecule has 0 unspecified atom stereocenters. The summed E-state index contributed by atoms with van der Waals surface area (Å²) in [6, 6.07) is 24.7. The van der Waals surface area contributed by atoms with Crippen LogP contribution in [0.1, 0.15) is 29.2 Å². The highest BCUT2D eigenvalue weighted by molar-refractivity contribution is 7.80. The van der Waals surface area contributed by atoms with Crippen molar-refractivity contribution >= 4 is 23.0 Å². The molecule has 5 rings (SSSR count). The number of rotatable bonds is 6. The third-order valence-corrected chi connectivity index (χ3v) is 6.34. The van der Waals surface area contributed by atoms with Gasteiger partial charge in [0.05, 0.1) is 30.0 Å². The quantitative estimate of drug-likeness (QED) is 0.433. The van der Waals surface area contributed by atoms with Crippen molar-refractivity contribution in [3.05, 3.63) is 108 Å². The summed E-state index contributed by atoms with van der Waals surface area (Å²) in [4.78, 5) is 13.5. The highest BCUT2D eigenvalue weighted by Gasteiger charge is 2.41. The molecule has 4 heterocycles. The summed E-state index contributed by atoms with van der Waals surface area (Å²) in [7, 11) is 4.10. The number of thiocarbonyl (C=S) groups is 1. The summed E-state index contributed by atoms with van der Waals surface area (Å²) in [5.41, 5.74) is 5.35. The van der Waals surface area contributed by atoms with Crippen molar-refractivity contribution in [2.75, 3.05) is 19.0 Å². The molecule has 1 fully saturated rings. The summed E-state index contributed by atoms with van der Waals surface area (Å²) in [5, 5.41) is 4.23. The predicted molar refractivity (Wildman–Crippen MR) is 135 cm³/mol. The Balaban J connectivity index is 1.57. The highest BCUT2D eigenvalue weighted by Crippen LogP contribution is 2.40. The van der Waals surface area contributed by atoms with Gasteiger partial charge in [-0.3, -0.25) is 9.97 Å². The monoisotopic (exact) mass is 454 g/mol. The molecule has 0 amide bonds. The molecular formula is C26H26N6S. The molecule has 0 saturated carbocycles. The van der Waals surface area contributed by atoms with Gasteiger partial charge in [0, 0.05) is 49.8 Å². The van der Waals surface area contributed by atoms with Gasteiger partial charge in [0.25, 0.3) is 0 Å². The molecule has 3 aromatic heterocycles. The number of anilines is 1. The fourth-order valence-corrected chi connectivity index (χ4v) is 4.65. The molecule has 4 aromatic rings. The van der Waals surface area contributed by atoms with Crippen molar-refractivity contribution < 1.29 is 0 Å². The van der Waals surface area contributed by atoms with E-state index in [0.717, 1.165) is 22.8 Å². The van der Waals surface area contributed by atoms with Crippen molar-refractivity contribution in [2.45, 2.75) is 18.6 Å². The molecule has 0 bridgehead atoms.